The molecule has 3 amide bonds. The van der Waals surface area contributed by atoms with Crippen LogP contribution < -0.4 is 20.9 Å². The highest BCUT2D eigenvalue weighted by molar-refractivity contribution is 5.84. The van der Waals surface area contributed by atoms with E-state index in [1.165, 1.54) is 12.5 Å². The Kier molecular flexibility index (Phi) is 7.12. The Bertz CT molecular complexity index is 691. The van der Waals surface area contributed by atoms with Crippen LogP contribution in [-0.4, -0.2) is 43.7 Å². The molecule has 1 unspecified atom stereocenters. The van der Waals surface area contributed by atoms with Crippen molar-refractivity contribution in [3.05, 3.63) is 29.6 Å². The average Bonchev–Trinajstić information content (AvgIpc) is 2.69. The number of nitrogens with zero attached hydrogens (tertiary/aromatic N) is 1. The number of hydrogen-bond donors (Lipinski definition) is 3. The molecule has 1 aliphatic heterocycles. The van der Waals surface area contributed by atoms with Gasteiger partial charge in [0, 0.05) is 25.2 Å². The van der Waals surface area contributed by atoms with E-state index in [1.54, 1.807) is 6.07 Å². The first-order chi connectivity index (χ1) is 13.5. The molecular formula is C21H31FN4O2. The molecular weight excluding hydrogens is 359 g/mol. The molecule has 28 heavy (non-hydrogen) atoms. The number of halogens is 1. The Morgan fingerprint density at radius 3 is 2.61 bits per heavy atom. The average molecular weight is 391 g/mol. The molecule has 6 nitrogen and oxygen atoms in total. The highest BCUT2D eigenvalue weighted by Crippen LogP contribution is 2.24. The van der Waals surface area contributed by atoms with Crippen molar-refractivity contribution in [3.63, 3.8) is 0 Å². The Morgan fingerprint density at radius 2 is 1.82 bits per heavy atom. The predicted octanol–water partition coefficient (Wildman–Crippen LogP) is 2.85. The fourth-order valence-electron chi connectivity index (χ4n) is 4.10. The van der Waals surface area contributed by atoms with Crippen molar-refractivity contribution in [2.45, 2.75) is 64.0 Å². The monoisotopic (exact) mass is 390 g/mol. The van der Waals surface area contributed by atoms with E-state index in [9.17, 15) is 14.0 Å². The highest BCUT2D eigenvalue weighted by Gasteiger charge is 2.24. The molecule has 3 rings (SSSR count). The van der Waals surface area contributed by atoms with E-state index < -0.39 is 0 Å². The van der Waals surface area contributed by atoms with E-state index in [1.807, 2.05) is 17.9 Å². The highest BCUT2D eigenvalue weighted by atomic mass is 19.1. The van der Waals surface area contributed by atoms with E-state index in [4.69, 9.17) is 0 Å². The van der Waals surface area contributed by atoms with Crippen LogP contribution >= 0.6 is 0 Å². The third kappa shape index (κ3) is 5.84. The second kappa shape index (κ2) is 9.75. The molecule has 1 aromatic carbocycles. The first-order valence-corrected chi connectivity index (χ1v) is 10.4. The first kappa shape index (κ1) is 20.4. The van der Waals surface area contributed by atoms with Crippen molar-refractivity contribution in [3.8, 4) is 0 Å². The predicted molar refractivity (Wildman–Crippen MR) is 108 cm³/mol. The maximum Gasteiger partial charge on any atom is 0.315 e. The van der Waals surface area contributed by atoms with Gasteiger partial charge in [-0.3, -0.25) is 4.79 Å². The summed E-state index contributed by atoms with van der Waals surface area (Å²) < 4.78 is 14.2. The third-order valence-corrected chi connectivity index (χ3v) is 5.58. The maximum absolute atomic E-state index is 14.2. The van der Waals surface area contributed by atoms with Crippen LogP contribution in [-0.2, 0) is 4.79 Å². The Morgan fingerprint density at radius 1 is 1.07 bits per heavy atom. The largest absolute Gasteiger partial charge is 0.367 e. The molecule has 2 aliphatic rings. The molecule has 1 aliphatic carbocycles. The lowest BCUT2D eigenvalue weighted by atomic mass is 9.95. The van der Waals surface area contributed by atoms with Crippen LogP contribution in [0.25, 0.3) is 0 Å². The van der Waals surface area contributed by atoms with Gasteiger partial charge in [-0.2, -0.15) is 0 Å². The summed E-state index contributed by atoms with van der Waals surface area (Å²) >= 11 is 0. The van der Waals surface area contributed by atoms with Crippen LogP contribution in [0.5, 0.6) is 0 Å². The van der Waals surface area contributed by atoms with E-state index in [-0.39, 0.29) is 36.4 Å². The van der Waals surface area contributed by atoms with Crippen molar-refractivity contribution in [1.82, 2.24) is 16.0 Å². The van der Waals surface area contributed by atoms with E-state index in [2.05, 4.69) is 16.0 Å². The van der Waals surface area contributed by atoms with Gasteiger partial charge >= 0.3 is 6.03 Å². The minimum absolute atomic E-state index is 0.0225. The van der Waals surface area contributed by atoms with Gasteiger partial charge in [-0.15, -0.1) is 0 Å². The van der Waals surface area contributed by atoms with Crippen LogP contribution in [0, 0.1) is 12.7 Å². The summed E-state index contributed by atoms with van der Waals surface area (Å²) in [5.74, 6) is -0.385. The number of urea groups is 1. The second-order valence-electron chi connectivity index (χ2n) is 7.97. The van der Waals surface area contributed by atoms with Crippen molar-refractivity contribution in [1.29, 1.82) is 0 Å². The van der Waals surface area contributed by atoms with Gasteiger partial charge in [-0.1, -0.05) is 25.3 Å². The normalized spacial score (nSPS) is 20.5. The molecule has 3 N–H and O–H groups in total. The fraction of sp³-hybridized carbons (Fsp3) is 0.619. The minimum atomic E-state index is -0.352. The number of anilines is 1. The smallest absolute Gasteiger partial charge is 0.315 e. The zero-order valence-electron chi connectivity index (χ0n) is 16.6. The zero-order valence-corrected chi connectivity index (χ0v) is 16.6. The summed E-state index contributed by atoms with van der Waals surface area (Å²) in [4.78, 5) is 26.2. The van der Waals surface area contributed by atoms with Gasteiger partial charge in [0.1, 0.15) is 5.82 Å². The molecule has 0 aromatic heterocycles. The molecule has 7 heteroatoms. The lowest BCUT2D eigenvalue weighted by molar-refractivity contribution is -0.121. The van der Waals surface area contributed by atoms with E-state index in [0.29, 0.717) is 12.2 Å². The molecule has 2 fully saturated rings. The number of piperidine rings is 1. The number of carbonyl (C=O) groups excluding carboxylic acids is 2. The van der Waals surface area contributed by atoms with Crippen LogP contribution in [0.1, 0.15) is 50.5 Å². The Balaban J connectivity index is 1.43. The van der Waals surface area contributed by atoms with Crippen molar-refractivity contribution >= 4 is 17.6 Å². The number of aryl methyl sites for hydroxylation is 1. The van der Waals surface area contributed by atoms with Gasteiger partial charge in [0.25, 0.3) is 0 Å². The molecule has 154 valence electrons. The molecule has 0 spiro atoms. The Hall–Kier alpha value is -2.31. The standard InChI is InChI=1S/C21H31FN4O2/c1-15-9-10-18(22)19(12-15)26-11-5-8-17(14-26)25-21(28)23-13-20(27)24-16-6-3-2-4-7-16/h9-10,12,16-17H,2-8,11,13-14H2,1H3,(H,24,27)(H2,23,25,28). The minimum Gasteiger partial charge on any atom is -0.367 e. The molecule has 1 aromatic rings. The number of nitrogens with one attached hydrogen (secondary N) is 3. The van der Waals surface area contributed by atoms with Crippen LogP contribution in [0.2, 0.25) is 0 Å². The quantitative estimate of drug-likeness (QED) is 0.724. The topological polar surface area (TPSA) is 73.5 Å². The van der Waals surface area contributed by atoms with Gasteiger partial charge < -0.3 is 20.9 Å². The number of rotatable bonds is 5. The lowest BCUT2D eigenvalue weighted by Gasteiger charge is -2.35. The SMILES string of the molecule is Cc1ccc(F)c(N2CCCC(NC(=O)NCC(=O)NC3CCCCC3)C2)c1. The van der Waals surface area contributed by atoms with Gasteiger partial charge in [-0.05, 0) is 50.3 Å². The van der Waals surface area contributed by atoms with Crippen molar-refractivity contribution in [2.75, 3.05) is 24.5 Å². The number of benzene rings is 1. The second-order valence-corrected chi connectivity index (χ2v) is 7.97. The molecule has 0 radical (unpaired) electrons. The fourth-order valence-corrected chi connectivity index (χ4v) is 4.10. The molecule has 0 bridgehead atoms. The summed E-state index contributed by atoms with van der Waals surface area (Å²) in [6.07, 6.45) is 7.29. The van der Waals surface area contributed by atoms with Gasteiger partial charge in [0.2, 0.25) is 5.91 Å². The van der Waals surface area contributed by atoms with Crippen molar-refractivity contribution in [2.24, 2.45) is 0 Å². The molecule has 1 saturated heterocycles. The molecule has 1 saturated carbocycles. The summed E-state index contributed by atoms with van der Waals surface area (Å²) in [5.41, 5.74) is 1.59. The zero-order chi connectivity index (χ0) is 19.9. The molecule has 1 atom stereocenters. The summed E-state index contributed by atoms with van der Waals surface area (Å²) in [6.45, 7) is 3.24. The third-order valence-electron chi connectivity index (χ3n) is 5.58. The number of amides is 3. The van der Waals surface area contributed by atoms with Gasteiger partial charge in [-0.25, -0.2) is 9.18 Å². The Labute approximate surface area is 166 Å². The van der Waals surface area contributed by atoms with E-state index in [0.717, 1.165) is 50.6 Å². The first-order valence-electron chi connectivity index (χ1n) is 10.4. The maximum atomic E-state index is 14.2. The number of hydrogen-bond acceptors (Lipinski definition) is 3. The van der Waals surface area contributed by atoms with Gasteiger partial charge in [0.05, 0.1) is 12.2 Å². The van der Waals surface area contributed by atoms with Crippen LogP contribution in [0.3, 0.4) is 0 Å². The van der Waals surface area contributed by atoms with Gasteiger partial charge in [0.15, 0.2) is 0 Å². The molecule has 1 heterocycles. The van der Waals surface area contributed by atoms with Crippen LogP contribution in [0.4, 0.5) is 14.9 Å². The summed E-state index contributed by atoms with van der Waals surface area (Å²) in [7, 11) is 0. The van der Waals surface area contributed by atoms with E-state index >= 15 is 0 Å². The van der Waals surface area contributed by atoms with Crippen LogP contribution in [0.15, 0.2) is 18.2 Å². The summed E-state index contributed by atoms with van der Waals surface area (Å²) in [6, 6.07) is 4.89. The lowest BCUT2D eigenvalue weighted by Crippen LogP contribution is -2.52. The van der Waals surface area contributed by atoms with Crippen molar-refractivity contribution < 1.29 is 14.0 Å². The summed E-state index contributed by atoms with van der Waals surface area (Å²) in [5, 5.41) is 8.54. The number of carbonyl (C=O) groups is 2.